The zero-order valence-corrected chi connectivity index (χ0v) is 13.3. The molecule has 0 radical (unpaired) electrons. The summed E-state index contributed by atoms with van der Waals surface area (Å²) in [6.45, 7) is 0. The van der Waals surface area contributed by atoms with E-state index in [4.69, 9.17) is 11.6 Å². The van der Waals surface area contributed by atoms with E-state index in [-0.39, 0.29) is 5.91 Å². The van der Waals surface area contributed by atoms with Gasteiger partial charge in [-0.15, -0.1) is 11.8 Å². The number of halogens is 1. The summed E-state index contributed by atoms with van der Waals surface area (Å²) in [6.07, 6.45) is 7.72. The molecule has 1 amide bonds. The molecule has 1 aliphatic carbocycles. The molecule has 1 aliphatic rings. The van der Waals surface area contributed by atoms with Crippen LogP contribution in [0.15, 0.2) is 29.2 Å². The van der Waals surface area contributed by atoms with Crippen LogP contribution in [0.2, 0.25) is 5.02 Å². The molecular weight excluding hydrogens is 290 g/mol. The van der Waals surface area contributed by atoms with Gasteiger partial charge in [-0.25, -0.2) is 0 Å². The van der Waals surface area contributed by atoms with Gasteiger partial charge in [-0.1, -0.05) is 30.9 Å². The number of hydrogen-bond acceptors (Lipinski definition) is 2. The largest absolute Gasteiger partial charge is 0.353 e. The highest BCUT2D eigenvalue weighted by atomic mass is 35.5. The molecule has 1 aromatic carbocycles. The molecule has 0 atom stereocenters. The van der Waals surface area contributed by atoms with Crippen molar-refractivity contribution in [1.29, 1.82) is 0 Å². The van der Waals surface area contributed by atoms with E-state index in [2.05, 4.69) is 5.32 Å². The van der Waals surface area contributed by atoms with Crippen LogP contribution in [0, 0.1) is 0 Å². The second kappa shape index (κ2) is 8.58. The molecule has 0 aliphatic heterocycles. The summed E-state index contributed by atoms with van der Waals surface area (Å²) in [5, 5.41) is 3.92. The minimum atomic E-state index is 0.216. The summed E-state index contributed by atoms with van der Waals surface area (Å²) in [5.74, 6) is 1.19. The van der Waals surface area contributed by atoms with Crippen LogP contribution in [0.3, 0.4) is 0 Å². The van der Waals surface area contributed by atoms with Gasteiger partial charge in [-0.05, 0) is 49.3 Å². The second-order valence-corrected chi connectivity index (χ2v) is 6.91. The zero-order valence-electron chi connectivity index (χ0n) is 11.7. The minimum Gasteiger partial charge on any atom is -0.353 e. The fourth-order valence-electron chi connectivity index (χ4n) is 2.50. The Morgan fingerprint density at radius 2 is 1.90 bits per heavy atom. The molecular formula is C16H22ClNOS. The SMILES string of the molecule is O=C(CCCSc1ccc(Cl)cc1)NC1CCCCC1. The Hall–Kier alpha value is -0.670. The lowest BCUT2D eigenvalue weighted by molar-refractivity contribution is -0.122. The Morgan fingerprint density at radius 3 is 2.60 bits per heavy atom. The van der Waals surface area contributed by atoms with Gasteiger partial charge in [0.1, 0.15) is 0 Å². The molecule has 2 rings (SSSR count). The molecule has 0 unspecified atom stereocenters. The number of rotatable bonds is 6. The third-order valence-corrected chi connectivity index (χ3v) is 4.95. The monoisotopic (exact) mass is 311 g/mol. The highest BCUT2D eigenvalue weighted by Gasteiger charge is 2.15. The molecule has 0 aromatic heterocycles. The quantitative estimate of drug-likeness (QED) is 0.611. The van der Waals surface area contributed by atoms with E-state index in [1.54, 1.807) is 11.8 Å². The van der Waals surface area contributed by atoms with Gasteiger partial charge in [-0.3, -0.25) is 4.79 Å². The van der Waals surface area contributed by atoms with Crippen LogP contribution >= 0.6 is 23.4 Å². The molecule has 0 spiro atoms. The lowest BCUT2D eigenvalue weighted by Crippen LogP contribution is -2.36. The van der Waals surface area contributed by atoms with Crippen LogP contribution in [0.1, 0.15) is 44.9 Å². The Kier molecular flexibility index (Phi) is 6.74. The molecule has 2 nitrogen and oxygen atoms in total. The Labute approximate surface area is 130 Å². The number of thioether (sulfide) groups is 1. The number of benzene rings is 1. The Morgan fingerprint density at radius 1 is 1.20 bits per heavy atom. The first kappa shape index (κ1) is 15.7. The van der Waals surface area contributed by atoms with Gasteiger partial charge in [0.25, 0.3) is 0 Å². The van der Waals surface area contributed by atoms with Crippen LogP contribution < -0.4 is 5.32 Å². The average Bonchev–Trinajstić information content (AvgIpc) is 2.46. The van der Waals surface area contributed by atoms with E-state index < -0.39 is 0 Å². The van der Waals surface area contributed by atoms with Gasteiger partial charge in [0, 0.05) is 22.4 Å². The van der Waals surface area contributed by atoms with Crippen LogP contribution in [-0.2, 0) is 4.79 Å². The predicted octanol–water partition coefficient (Wildman–Crippen LogP) is 4.66. The average molecular weight is 312 g/mol. The predicted molar refractivity (Wildman–Crippen MR) is 86.4 cm³/mol. The van der Waals surface area contributed by atoms with Crippen molar-refractivity contribution in [2.24, 2.45) is 0 Å². The smallest absolute Gasteiger partial charge is 0.220 e. The van der Waals surface area contributed by atoms with Crippen molar-refractivity contribution in [3.63, 3.8) is 0 Å². The van der Waals surface area contributed by atoms with E-state index in [1.165, 1.54) is 24.2 Å². The first-order valence-electron chi connectivity index (χ1n) is 7.42. The maximum atomic E-state index is 11.8. The van der Waals surface area contributed by atoms with Crippen molar-refractivity contribution >= 4 is 29.3 Å². The van der Waals surface area contributed by atoms with Gasteiger partial charge in [-0.2, -0.15) is 0 Å². The third kappa shape index (κ3) is 5.76. The molecule has 1 aromatic rings. The van der Waals surface area contributed by atoms with Gasteiger partial charge in [0.15, 0.2) is 0 Å². The summed E-state index contributed by atoms with van der Waals surface area (Å²) in [5.41, 5.74) is 0. The molecule has 4 heteroatoms. The fourth-order valence-corrected chi connectivity index (χ4v) is 3.48. The molecule has 0 saturated heterocycles. The minimum absolute atomic E-state index is 0.216. The van der Waals surface area contributed by atoms with E-state index in [0.717, 1.165) is 30.0 Å². The highest BCUT2D eigenvalue weighted by Crippen LogP contribution is 2.21. The lowest BCUT2D eigenvalue weighted by atomic mass is 9.95. The van der Waals surface area contributed by atoms with Crippen molar-refractivity contribution < 1.29 is 4.79 Å². The topological polar surface area (TPSA) is 29.1 Å². The van der Waals surface area contributed by atoms with Crippen molar-refractivity contribution in [3.8, 4) is 0 Å². The van der Waals surface area contributed by atoms with E-state index in [0.29, 0.717) is 12.5 Å². The molecule has 0 bridgehead atoms. The highest BCUT2D eigenvalue weighted by molar-refractivity contribution is 7.99. The van der Waals surface area contributed by atoms with E-state index >= 15 is 0 Å². The maximum absolute atomic E-state index is 11.8. The lowest BCUT2D eigenvalue weighted by Gasteiger charge is -2.22. The standard InChI is InChI=1S/C16H22ClNOS/c17-13-8-10-15(11-9-13)20-12-4-7-16(19)18-14-5-2-1-3-6-14/h8-11,14H,1-7,12H2,(H,18,19). The molecule has 20 heavy (non-hydrogen) atoms. The van der Waals surface area contributed by atoms with Gasteiger partial charge < -0.3 is 5.32 Å². The molecule has 0 heterocycles. The van der Waals surface area contributed by atoms with Gasteiger partial charge in [0.05, 0.1) is 0 Å². The normalized spacial score (nSPS) is 16.1. The van der Waals surface area contributed by atoms with Crippen molar-refractivity contribution in [1.82, 2.24) is 5.32 Å². The van der Waals surface area contributed by atoms with Crippen LogP contribution in [0.5, 0.6) is 0 Å². The first-order chi connectivity index (χ1) is 9.74. The number of carbonyl (C=O) groups excluding carboxylic acids is 1. The molecule has 1 saturated carbocycles. The van der Waals surface area contributed by atoms with Crippen LogP contribution in [0.4, 0.5) is 0 Å². The number of hydrogen-bond donors (Lipinski definition) is 1. The first-order valence-corrected chi connectivity index (χ1v) is 8.78. The number of carbonyl (C=O) groups is 1. The summed E-state index contributed by atoms with van der Waals surface area (Å²) < 4.78 is 0. The summed E-state index contributed by atoms with van der Waals surface area (Å²) in [4.78, 5) is 13.0. The third-order valence-electron chi connectivity index (χ3n) is 3.60. The fraction of sp³-hybridized carbons (Fsp3) is 0.562. The Bertz CT molecular complexity index is 415. The molecule has 110 valence electrons. The van der Waals surface area contributed by atoms with Gasteiger partial charge >= 0.3 is 0 Å². The summed E-state index contributed by atoms with van der Waals surface area (Å²) in [6, 6.07) is 8.28. The van der Waals surface area contributed by atoms with Crippen LogP contribution in [0.25, 0.3) is 0 Å². The van der Waals surface area contributed by atoms with Crippen LogP contribution in [-0.4, -0.2) is 17.7 Å². The van der Waals surface area contributed by atoms with Crippen molar-refractivity contribution in [2.75, 3.05) is 5.75 Å². The van der Waals surface area contributed by atoms with E-state index in [1.807, 2.05) is 24.3 Å². The zero-order chi connectivity index (χ0) is 14.2. The number of nitrogens with one attached hydrogen (secondary N) is 1. The van der Waals surface area contributed by atoms with Gasteiger partial charge in [0.2, 0.25) is 5.91 Å². The molecule has 1 N–H and O–H groups in total. The molecule has 1 fully saturated rings. The number of amides is 1. The summed E-state index contributed by atoms with van der Waals surface area (Å²) >= 11 is 7.62. The van der Waals surface area contributed by atoms with Crippen molar-refractivity contribution in [2.45, 2.75) is 55.9 Å². The van der Waals surface area contributed by atoms with E-state index in [9.17, 15) is 4.79 Å². The van der Waals surface area contributed by atoms with Crippen molar-refractivity contribution in [3.05, 3.63) is 29.3 Å². The maximum Gasteiger partial charge on any atom is 0.220 e. The Balaban J connectivity index is 1.58. The second-order valence-electron chi connectivity index (χ2n) is 5.31. The summed E-state index contributed by atoms with van der Waals surface area (Å²) in [7, 11) is 0.